The average molecular weight is 446 g/mol. The highest BCUT2D eigenvalue weighted by atomic mass is 32.1. The van der Waals surface area contributed by atoms with Crippen LogP contribution in [0.1, 0.15) is 15.9 Å². The lowest BCUT2D eigenvalue weighted by Crippen LogP contribution is -2.13. The van der Waals surface area contributed by atoms with Crippen LogP contribution in [0.15, 0.2) is 78.2 Å². The van der Waals surface area contributed by atoms with Crippen molar-refractivity contribution in [3.63, 3.8) is 0 Å². The fourth-order valence-electron chi connectivity index (χ4n) is 3.25. The van der Waals surface area contributed by atoms with Crippen LogP contribution in [0.4, 0.5) is 17.1 Å². The minimum absolute atomic E-state index is 0.0761. The topological polar surface area (TPSA) is 96.6 Å². The van der Waals surface area contributed by atoms with Crippen LogP contribution in [-0.2, 0) is 6.54 Å². The van der Waals surface area contributed by atoms with Gasteiger partial charge in [-0.2, -0.15) is 0 Å². The van der Waals surface area contributed by atoms with Crippen LogP contribution in [0, 0.1) is 0 Å². The van der Waals surface area contributed by atoms with E-state index < -0.39 is 0 Å². The molecule has 6 nitrogen and oxygen atoms in total. The van der Waals surface area contributed by atoms with E-state index in [1.165, 1.54) is 7.11 Å². The van der Waals surface area contributed by atoms with E-state index in [1.807, 2.05) is 53.9 Å². The molecule has 0 spiro atoms. The Labute approximate surface area is 190 Å². The molecule has 7 heteroatoms. The van der Waals surface area contributed by atoms with Crippen molar-refractivity contribution in [1.82, 2.24) is 0 Å². The molecule has 0 unspecified atom stereocenters. The molecule has 1 amide bonds. The van der Waals surface area contributed by atoms with Gasteiger partial charge < -0.3 is 26.2 Å². The molecule has 0 aliphatic rings. The highest BCUT2D eigenvalue weighted by Crippen LogP contribution is 2.30. The van der Waals surface area contributed by atoms with Crippen LogP contribution < -0.4 is 21.1 Å². The number of nitrogens with two attached hydrogens (primary N) is 1. The number of phenolic OH excluding ortho intramolecular Hbond substituents is 1. The summed E-state index contributed by atoms with van der Waals surface area (Å²) < 4.78 is 5.05. The fraction of sp³-hybridized carbons (Fsp3) is 0.0800. The molecule has 1 aromatic heterocycles. The van der Waals surface area contributed by atoms with Crippen molar-refractivity contribution >= 4 is 34.3 Å². The Morgan fingerprint density at radius 2 is 1.88 bits per heavy atom. The van der Waals surface area contributed by atoms with Crippen molar-refractivity contribution in [1.29, 1.82) is 0 Å². The number of hydrogen-bond acceptors (Lipinski definition) is 6. The van der Waals surface area contributed by atoms with Gasteiger partial charge in [-0.3, -0.25) is 4.79 Å². The van der Waals surface area contributed by atoms with Gasteiger partial charge in [0, 0.05) is 28.7 Å². The monoisotopic (exact) mass is 445 g/mol. The summed E-state index contributed by atoms with van der Waals surface area (Å²) >= 11 is 1.64. The number of rotatable bonds is 7. The summed E-state index contributed by atoms with van der Waals surface area (Å²) in [5, 5.41) is 18.0. The van der Waals surface area contributed by atoms with Gasteiger partial charge >= 0.3 is 0 Å². The Bertz CT molecular complexity index is 1220. The third-order valence-corrected chi connectivity index (χ3v) is 5.92. The predicted octanol–water partition coefficient (Wildman–Crippen LogP) is 5.58. The lowest BCUT2D eigenvalue weighted by atomic mass is 10.1. The molecule has 1 heterocycles. The van der Waals surface area contributed by atoms with Gasteiger partial charge in [-0.05, 0) is 59.0 Å². The predicted molar refractivity (Wildman–Crippen MR) is 131 cm³/mol. The van der Waals surface area contributed by atoms with Gasteiger partial charge in [0.25, 0.3) is 5.91 Å². The second kappa shape index (κ2) is 9.45. The van der Waals surface area contributed by atoms with E-state index in [4.69, 9.17) is 10.5 Å². The van der Waals surface area contributed by atoms with Crippen LogP contribution in [0.2, 0.25) is 0 Å². The highest BCUT2D eigenvalue weighted by molar-refractivity contribution is 7.13. The van der Waals surface area contributed by atoms with E-state index >= 15 is 0 Å². The zero-order valence-corrected chi connectivity index (χ0v) is 18.3. The molecule has 3 aromatic carbocycles. The van der Waals surface area contributed by atoms with E-state index in [0.717, 1.165) is 21.7 Å². The second-order valence-electron chi connectivity index (χ2n) is 7.17. The number of carbonyl (C=O) groups excluding carboxylic acids is 1. The molecular weight excluding hydrogens is 422 g/mol. The number of methoxy groups -OCH3 is 1. The number of aromatic hydroxyl groups is 1. The summed E-state index contributed by atoms with van der Waals surface area (Å²) in [4.78, 5) is 13.8. The number of carbonyl (C=O) groups is 1. The van der Waals surface area contributed by atoms with Crippen molar-refractivity contribution in [2.24, 2.45) is 0 Å². The van der Waals surface area contributed by atoms with Crippen molar-refractivity contribution in [2.45, 2.75) is 6.54 Å². The summed E-state index contributed by atoms with van der Waals surface area (Å²) in [6.07, 6.45) is 0. The Morgan fingerprint density at radius 1 is 1.06 bits per heavy atom. The van der Waals surface area contributed by atoms with E-state index in [2.05, 4.69) is 10.6 Å². The number of nitrogens with one attached hydrogen (secondary N) is 2. The molecule has 0 saturated heterocycles. The Kier molecular flexibility index (Phi) is 6.28. The smallest absolute Gasteiger partial charge is 0.255 e. The second-order valence-corrected chi connectivity index (χ2v) is 8.12. The molecule has 5 N–H and O–H groups in total. The maximum Gasteiger partial charge on any atom is 0.255 e. The number of anilines is 3. The zero-order valence-electron chi connectivity index (χ0n) is 17.5. The van der Waals surface area contributed by atoms with E-state index in [9.17, 15) is 9.90 Å². The van der Waals surface area contributed by atoms with Crippen LogP contribution >= 0.6 is 11.3 Å². The van der Waals surface area contributed by atoms with E-state index in [0.29, 0.717) is 29.2 Å². The molecule has 0 bridgehead atoms. The molecule has 32 heavy (non-hydrogen) atoms. The SMILES string of the molecule is COc1ccc(NCc2ccc(C(=O)Nc3ccc(-c4cccs4)cc3N)cc2)cc1O. The third-order valence-electron chi connectivity index (χ3n) is 5.00. The summed E-state index contributed by atoms with van der Waals surface area (Å²) in [7, 11) is 1.51. The number of nitrogen functional groups attached to an aromatic ring is 1. The molecule has 4 rings (SSSR count). The first kappa shape index (κ1) is 21.3. The fourth-order valence-corrected chi connectivity index (χ4v) is 3.97. The van der Waals surface area contributed by atoms with Crippen LogP contribution in [0.25, 0.3) is 10.4 Å². The average Bonchev–Trinajstić information content (AvgIpc) is 3.34. The first-order valence-electron chi connectivity index (χ1n) is 9.98. The molecular formula is C25H23N3O3S. The number of benzene rings is 3. The Morgan fingerprint density at radius 3 is 2.53 bits per heavy atom. The van der Waals surface area contributed by atoms with Gasteiger partial charge in [0.1, 0.15) is 0 Å². The van der Waals surface area contributed by atoms with Gasteiger partial charge in [0.05, 0.1) is 18.5 Å². The molecule has 0 aliphatic heterocycles. The lowest BCUT2D eigenvalue weighted by molar-refractivity contribution is 0.102. The third kappa shape index (κ3) is 4.84. The summed E-state index contributed by atoms with van der Waals surface area (Å²) in [5.41, 5.74) is 10.6. The van der Waals surface area contributed by atoms with Gasteiger partial charge in [-0.15, -0.1) is 11.3 Å². The van der Waals surface area contributed by atoms with Gasteiger partial charge in [0.2, 0.25) is 0 Å². The maximum absolute atomic E-state index is 12.6. The minimum atomic E-state index is -0.222. The first-order chi connectivity index (χ1) is 15.5. The Hall–Kier alpha value is -3.97. The number of ether oxygens (including phenoxy) is 1. The zero-order chi connectivity index (χ0) is 22.5. The van der Waals surface area contributed by atoms with Crippen molar-refractivity contribution in [2.75, 3.05) is 23.5 Å². The molecule has 162 valence electrons. The van der Waals surface area contributed by atoms with Crippen molar-refractivity contribution in [3.05, 3.63) is 89.3 Å². The van der Waals surface area contributed by atoms with Crippen LogP contribution in [0.5, 0.6) is 11.5 Å². The maximum atomic E-state index is 12.6. The van der Waals surface area contributed by atoms with Crippen LogP contribution in [-0.4, -0.2) is 18.1 Å². The molecule has 0 atom stereocenters. The molecule has 4 aromatic rings. The molecule has 0 aliphatic carbocycles. The Balaban J connectivity index is 1.37. The normalized spacial score (nSPS) is 10.5. The first-order valence-corrected chi connectivity index (χ1v) is 10.9. The minimum Gasteiger partial charge on any atom is -0.504 e. The van der Waals surface area contributed by atoms with E-state index in [-0.39, 0.29) is 11.7 Å². The summed E-state index contributed by atoms with van der Waals surface area (Å²) in [6, 6.07) is 22.1. The lowest BCUT2D eigenvalue weighted by Gasteiger charge is -2.11. The quantitative estimate of drug-likeness (QED) is 0.279. The number of hydrogen-bond donors (Lipinski definition) is 4. The summed E-state index contributed by atoms with van der Waals surface area (Å²) in [5.74, 6) is 0.278. The molecule has 0 radical (unpaired) electrons. The van der Waals surface area contributed by atoms with Gasteiger partial charge in [-0.25, -0.2) is 0 Å². The van der Waals surface area contributed by atoms with Crippen molar-refractivity contribution in [3.8, 4) is 21.9 Å². The number of amides is 1. The van der Waals surface area contributed by atoms with Crippen molar-refractivity contribution < 1.29 is 14.6 Å². The standard InChI is InChI=1S/C25H23N3O3S/c1-31-23-11-9-19(14-22(23)29)27-15-16-4-6-17(7-5-16)25(30)28-21-10-8-18(13-20(21)26)24-3-2-12-32-24/h2-14,27,29H,15,26H2,1H3,(H,28,30). The largest absolute Gasteiger partial charge is 0.504 e. The van der Waals surface area contributed by atoms with E-state index in [1.54, 1.807) is 35.6 Å². The number of phenols is 1. The number of thiophene rings is 1. The van der Waals surface area contributed by atoms with Crippen LogP contribution in [0.3, 0.4) is 0 Å². The van der Waals surface area contributed by atoms with Gasteiger partial charge in [0.15, 0.2) is 11.5 Å². The molecule has 0 fully saturated rings. The molecule has 0 saturated carbocycles. The van der Waals surface area contributed by atoms with Gasteiger partial charge in [-0.1, -0.05) is 24.3 Å². The highest BCUT2D eigenvalue weighted by Gasteiger charge is 2.10. The summed E-state index contributed by atoms with van der Waals surface area (Å²) in [6.45, 7) is 0.546.